The average Bonchev–Trinajstić information content (AvgIpc) is 3.36. The Balaban J connectivity index is 1.89. The minimum atomic E-state index is -0.686. The van der Waals surface area contributed by atoms with Gasteiger partial charge in [-0.1, -0.05) is 30.3 Å². The van der Waals surface area contributed by atoms with Gasteiger partial charge in [-0.25, -0.2) is 0 Å². The third-order valence-electron chi connectivity index (χ3n) is 5.35. The van der Waals surface area contributed by atoms with E-state index >= 15 is 0 Å². The number of nitrogens with zero attached hydrogens (tertiary/aromatic N) is 1. The van der Waals surface area contributed by atoms with Gasteiger partial charge in [-0.2, -0.15) is 0 Å². The van der Waals surface area contributed by atoms with Crippen molar-refractivity contribution in [1.82, 2.24) is 4.90 Å². The molecule has 7 heteroatoms. The van der Waals surface area contributed by atoms with E-state index in [1.807, 2.05) is 48.7 Å². The fourth-order valence-electron chi connectivity index (χ4n) is 3.80. The number of Topliss-reactive ketones (excluding diaryl/α,β-unsaturated/α-hetero) is 1. The summed E-state index contributed by atoms with van der Waals surface area (Å²) in [5.74, 6) is -0.904. The Kier molecular flexibility index (Phi) is 5.98. The van der Waals surface area contributed by atoms with E-state index in [0.29, 0.717) is 22.3 Å². The number of halogens is 1. The van der Waals surface area contributed by atoms with E-state index in [9.17, 15) is 14.7 Å². The molecule has 1 amide bonds. The van der Waals surface area contributed by atoms with E-state index in [2.05, 4.69) is 15.9 Å². The van der Waals surface area contributed by atoms with Crippen molar-refractivity contribution in [2.24, 2.45) is 0 Å². The Bertz CT molecular complexity index is 1190. The largest absolute Gasteiger partial charge is 0.507 e. The van der Waals surface area contributed by atoms with Gasteiger partial charge in [-0.05, 0) is 63.6 Å². The Morgan fingerprint density at radius 3 is 2.58 bits per heavy atom. The first-order valence-electron chi connectivity index (χ1n) is 9.62. The second kappa shape index (κ2) is 8.69. The summed E-state index contributed by atoms with van der Waals surface area (Å²) in [5.41, 5.74) is 2.27. The number of aliphatic hydroxyl groups is 1. The summed E-state index contributed by atoms with van der Waals surface area (Å²) in [7, 11) is 1.55. The van der Waals surface area contributed by atoms with E-state index in [0.717, 1.165) is 16.0 Å². The molecular weight excluding hydrogens is 478 g/mol. The molecule has 0 aliphatic carbocycles. The number of aryl methyl sites for hydroxylation is 1. The number of ketones is 1. The monoisotopic (exact) mass is 497 g/mol. The van der Waals surface area contributed by atoms with E-state index in [1.165, 1.54) is 11.3 Å². The van der Waals surface area contributed by atoms with Crippen molar-refractivity contribution < 1.29 is 19.4 Å². The minimum absolute atomic E-state index is 0.0907. The maximum Gasteiger partial charge on any atom is 0.295 e. The number of likely N-dealkylation sites (tertiary alicyclic amines) is 1. The lowest BCUT2D eigenvalue weighted by Crippen LogP contribution is -2.29. The van der Waals surface area contributed by atoms with E-state index in [4.69, 9.17) is 4.74 Å². The lowest BCUT2D eigenvalue weighted by molar-refractivity contribution is -0.140. The van der Waals surface area contributed by atoms with Crippen molar-refractivity contribution in [3.8, 4) is 5.75 Å². The van der Waals surface area contributed by atoms with Crippen LogP contribution in [0.4, 0.5) is 0 Å². The SMILES string of the molecule is COc1ccc(/C(O)=C2\C(=O)C(=O)N(Cc3cccs3)C2c2ccccc2C)cc1Br. The zero-order valence-electron chi connectivity index (χ0n) is 17.0. The van der Waals surface area contributed by atoms with Crippen molar-refractivity contribution in [3.63, 3.8) is 0 Å². The molecular formula is C24H20BrNO4S. The highest BCUT2D eigenvalue weighted by atomic mass is 79.9. The smallest absolute Gasteiger partial charge is 0.295 e. The van der Waals surface area contributed by atoms with Gasteiger partial charge in [0, 0.05) is 10.4 Å². The van der Waals surface area contributed by atoms with E-state index in [1.54, 1.807) is 30.2 Å². The summed E-state index contributed by atoms with van der Waals surface area (Å²) in [5, 5.41) is 13.1. The first-order valence-corrected chi connectivity index (χ1v) is 11.3. The second-order valence-electron chi connectivity index (χ2n) is 7.21. The molecule has 0 radical (unpaired) electrons. The predicted octanol–water partition coefficient (Wildman–Crippen LogP) is 5.45. The molecule has 1 aliphatic heterocycles. The highest BCUT2D eigenvalue weighted by Crippen LogP contribution is 2.42. The molecule has 0 saturated carbocycles. The zero-order chi connectivity index (χ0) is 22.1. The number of hydrogen-bond donors (Lipinski definition) is 1. The molecule has 1 saturated heterocycles. The number of hydrogen-bond acceptors (Lipinski definition) is 5. The highest BCUT2D eigenvalue weighted by Gasteiger charge is 2.46. The molecule has 3 aromatic rings. The molecule has 1 aromatic heterocycles. The number of carbonyl (C=O) groups is 2. The Morgan fingerprint density at radius 1 is 1.16 bits per heavy atom. The van der Waals surface area contributed by atoms with Crippen LogP contribution in [0.5, 0.6) is 5.75 Å². The summed E-state index contributed by atoms with van der Waals surface area (Å²) in [6.45, 7) is 2.23. The van der Waals surface area contributed by atoms with Crippen LogP contribution in [0, 0.1) is 6.92 Å². The number of rotatable bonds is 5. The Morgan fingerprint density at radius 2 is 1.94 bits per heavy atom. The van der Waals surface area contributed by atoms with Crippen LogP contribution in [-0.4, -0.2) is 28.8 Å². The van der Waals surface area contributed by atoms with Gasteiger partial charge >= 0.3 is 0 Å². The van der Waals surface area contributed by atoms with Crippen molar-refractivity contribution in [2.45, 2.75) is 19.5 Å². The van der Waals surface area contributed by atoms with Gasteiger partial charge < -0.3 is 14.7 Å². The van der Waals surface area contributed by atoms with Crippen LogP contribution in [0.2, 0.25) is 0 Å². The number of methoxy groups -OCH3 is 1. The van der Waals surface area contributed by atoms with Crippen LogP contribution in [-0.2, 0) is 16.1 Å². The third-order valence-corrected chi connectivity index (χ3v) is 6.84. The standard InChI is InChI=1S/C24H20BrNO4S/c1-14-6-3-4-8-17(14)21-20(22(27)15-9-10-19(30-2)18(25)12-15)23(28)24(29)26(21)13-16-7-5-11-31-16/h3-12,21,27H,13H2,1-2H3/b22-20+. The summed E-state index contributed by atoms with van der Waals surface area (Å²) < 4.78 is 5.89. The average molecular weight is 498 g/mol. The quantitative estimate of drug-likeness (QED) is 0.289. The maximum absolute atomic E-state index is 13.1. The molecule has 0 bridgehead atoms. The molecule has 31 heavy (non-hydrogen) atoms. The molecule has 0 spiro atoms. The molecule has 4 rings (SSSR count). The molecule has 1 N–H and O–H groups in total. The summed E-state index contributed by atoms with van der Waals surface area (Å²) in [6.07, 6.45) is 0. The first-order chi connectivity index (χ1) is 14.9. The van der Waals surface area contributed by atoms with Gasteiger partial charge in [0.25, 0.3) is 11.7 Å². The Labute approximate surface area is 192 Å². The zero-order valence-corrected chi connectivity index (χ0v) is 19.4. The minimum Gasteiger partial charge on any atom is -0.507 e. The fraction of sp³-hybridized carbons (Fsp3) is 0.167. The van der Waals surface area contributed by atoms with Crippen LogP contribution in [0.1, 0.15) is 27.6 Å². The number of thiophene rings is 1. The molecule has 1 fully saturated rings. The normalized spacial score (nSPS) is 17.9. The van der Waals surface area contributed by atoms with Crippen LogP contribution in [0.3, 0.4) is 0 Å². The summed E-state index contributed by atoms with van der Waals surface area (Å²) >= 11 is 4.94. The van der Waals surface area contributed by atoms with Crippen molar-refractivity contribution in [2.75, 3.05) is 7.11 Å². The van der Waals surface area contributed by atoms with Gasteiger partial charge in [0.05, 0.1) is 29.7 Å². The Hall–Kier alpha value is -2.90. The molecule has 2 aromatic carbocycles. The maximum atomic E-state index is 13.1. The molecule has 158 valence electrons. The second-order valence-corrected chi connectivity index (χ2v) is 9.10. The topological polar surface area (TPSA) is 66.8 Å². The molecule has 1 atom stereocenters. The van der Waals surface area contributed by atoms with Gasteiger partial charge in [-0.3, -0.25) is 9.59 Å². The van der Waals surface area contributed by atoms with Crippen molar-refractivity contribution in [1.29, 1.82) is 0 Å². The van der Waals surface area contributed by atoms with E-state index in [-0.39, 0.29) is 11.3 Å². The number of carbonyl (C=O) groups excluding carboxylic acids is 2. The predicted molar refractivity (Wildman–Crippen MR) is 124 cm³/mol. The summed E-state index contributed by atoms with van der Waals surface area (Å²) in [4.78, 5) is 28.7. The van der Waals surface area contributed by atoms with Gasteiger partial charge in [0.1, 0.15) is 11.5 Å². The van der Waals surface area contributed by atoms with Crippen LogP contribution < -0.4 is 4.74 Å². The highest BCUT2D eigenvalue weighted by molar-refractivity contribution is 9.10. The molecule has 1 unspecified atom stereocenters. The van der Waals surface area contributed by atoms with E-state index < -0.39 is 17.7 Å². The molecule has 2 heterocycles. The molecule has 1 aliphatic rings. The van der Waals surface area contributed by atoms with Crippen LogP contribution in [0.25, 0.3) is 5.76 Å². The van der Waals surface area contributed by atoms with Crippen LogP contribution in [0.15, 0.2) is 70.0 Å². The van der Waals surface area contributed by atoms with Gasteiger partial charge in [0.15, 0.2) is 0 Å². The van der Waals surface area contributed by atoms with Crippen molar-refractivity contribution >= 4 is 44.7 Å². The first kappa shape index (κ1) is 21.3. The fourth-order valence-corrected chi connectivity index (χ4v) is 5.04. The van der Waals surface area contributed by atoms with Crippen LogP contribution >= 0.6 is 27.3 Å². The van der Waals surface area contributed by atoms with Crippen molar-refractivity contribution in [3.05, 3.63) is 91.6 Å². The third kappa shape index (κ3) is 3.91. The lowest BCUT2D eigenvalue weighted by Gasteiger charge is -2.26. The van der Waals surface area contributed by atoms with Gasteiger partial charge in [-0.15, -0.1) is 11.3 Å². The number of aliphatic hydroxyl groups excluding tert-OH is 1. The molecule has 5 nitrogen and oxygen atoms in total. The lowest BCUT2D eigenvalue weighted by atomic mass is 9.92. The number of amides is 1. The number of ether oxygens (including phenoxy) is 1. The summed E-state index contributed by atoms with van der Waals surface area (Å²) in [6, 6.07) is 15.8. The number of benzene rings is 2. The van der Waals surface area contributed by atoms with Gasteiger partial charge in [0.2, 0.25) is 0 Å².